The molecule has 0 saturated heterocycles. The number of aromatic nitrogens is 1. The van der Waals surface area contributed by atoms with Gasteiger partial charge in [0.25, 0.3) is 0 Å². The first-order valence-electron chi connectivity index (χ1n) is 5.28. The van der Waals surface area contributed by atoms with Crippen LogP contribution in [0.25, 0.3) is 0 Å². The summed E-state index contributed by atoms with van der Waals surface area (Å²) in [4.78, 5) is 16.2. The molecule has 0 bridgehead atoms. The Bertz CT molecular complexity index is 364. The van der Waals surface area contributed by atoms with Crippen molar-refractivity contribution in [2.75, 3.05) is 0 Å². The Kier molecular flexibility index (Phi) is 2.26. The monoisotopic (exact) mass is 223 g/mol. The molecular weight excluding hydrogens is 206 g/mol. The fourth-order valence-electron chi connectivity index (χ4n) is 2.59. The molecule has 82 valence electrons. The maximum absolute atomic E-state index is 12.1. The average Bonchev–Trinajstić information content (AvgIpc) is 2.53. The van der Waals surface area contributed by atoms with Crippen molar-refractivity contribution in [1.29, 1.82) is 0 Å². The second kappa shape index (κ2) is 3.14. The normalized spacial score (nSPS) is 22.7. The molecule has 15 heavy (non-hydrogen) atoms. The fraction of sp³-hybridized carbons (Fsp3) is 0.667. The first kappa shape index (κ1) is 10.8. The van der Waals surface area contributed by atoms with Crippen molar-refractivity contribution in [3.63, 3.8) is 0 Å². The molecule has 2 rings (SSSR count). The molecule has 0 radical (unpaired) electrons. The van der Waals surface area contributed by atoms with E-state index in [0.29, 0.717) is 12.2 Å². The second-order valence-corrected chi connectivity index (χ2v) is 6.42. The minimum absolute atomic E-state index is 0.154. The zero-order valence-electron chi connectivity index (χ0n) is 9.70. The van der Waals surface area contributed by atoms with E-state index >= 15 is 0 Å². The van der Waals surface area contributed by atoms with Crippen molar-refractivity contribution in [2.45, 2.75) is 34.1 Å². The molecule has 0 unspecified atom stereocenters. The molecule has 1 saturated carbocycles. The van der Waals surface area contributed by atoms with E-state index in [1.54, 1.807) is 17.5 Å². The highest BCUT2D eigenvalue weighted by Crippen LogP contribution is 2.68. The van der Waals surface area contributed by atoms with Gasteiger partial charge in [0.15, 0.2) is 0 Å². The summed E-state index contributed by atoms with van der Waals surface area (Å²) < 4.78 is 0. The predicted molar refractivity (Wildman–Crippen MR) is 61.9 cm³/mol. The molecule has 1 aliphatic carbocycles. The topological polar surface area (TPSA) is 30.0 Å². The molecule has 1 heterocycles. The number of rotatable bonds is 3. The molecule has 1 aliphatic rings. The van der Waals surface area contributed by atoms with Crippen LogP contribution >= 0.6 is 11.3 Å². The zero-order chi connectivity index (χ0) is 11.3. The second-order valence-electron chi connectivity index (χ2n) is 5.45. The smallest absolute Gasteiger partial charge is 0.143 e. The molecule has 3 heteroatoms. The van der Waals surface area contributed by atoms with Crippen LogP contribution in [0.3, 0.4) is 0 Å². The van der Waals surface area contributed by atoms with Crippen LogP contribution in [0.5, 0.6) is 0 Å². The number of nitrogens with zero attached hydrogens (tertiary/aromatic N) is 1. The van der Waals surface area contributed by atoms with Gasteiger partial charge < -0.3 is 0 Å². The third-order valence-corrected chi connectivity index (χ3v) is 4.93. The van der Waals surface area contributed by atoms with E-state index in [0.717, 1.165) is 5.01 Å². The Morgan fingerprint density at radius 1 is 1.40 bits per heavy atom. The van der Waals surface area contributed by atoms with Gasteiger partial charge in [-0.1, -0.05) is 27.7 Å². The highest BCUT2D eigenvalue weighted by Gasteiger charge is 2.67. The first-order chi connectivity index (χ1) is 6.87. The van der Waals surface area contributed by atoms with Crippen LogP contribution in [0, 0.1) is 16.7 Å². The van der Waals surface area contributed by atoms with Crippen molar-refractivity contribution in [1.82, 2.24) is 4.98 Å². The van der Waals surface area contributed by atoms with Crippen LogP contribution in [0.1, 0.15) is 32.7 Å². The summed E-state index contributed by atoms with van der Waals surface area (Å²) in [7, 11) is 0. The first-order valence-corrected chi connectivity index (χ1v) is 6.16. The van der Waals surface area contributed by atoms with Gasteiger partial charge in [0.2, 0.25) is 0 Å². The molecule has 1 aromatic heterocycles. The lowest BCUT2D eigenvalue weighted by Crippen LogP contribution is -2.09. The van der Waals surface area contributed by atoms with Crippen LogP contribution < -0.4 is 0 Å². The van der Waals surface area contributed by atoms with Crippen molar-refractivity contribution in [3.8, 4) is 0 Å². The maximum atomic E-state index is 12.1. The van der Waals surface area contributed by atoms with Gasteiger partial charge in [0, 0.05) is 17.5 Å². The minimum Gasteiger partial charge on any atom is -0.299 e. The molecular formula is C12H17NOS. The highest BCUT2D eigenvalue weighted by molar-refractivity contribution is 7.09. The van der Waals surface area contributed by atoms with Crippen LogP contribution in [0.4, 0.5) is 0 Å². The van der Waals surface area contributed by atoms with Crippen LogP contribution in [-0.2, 0) is 11.2 Å². The van der Waals surface area contributed by atoms with E-state index in [4.69, 9.17) is 0 Å². The molecule has 0 spiro atoms. The SMILES string of the molecule is CC1(C)C(C(=O)Cc2nccs2)C1(C)C. The largest absolute Gasteiger partial charge is 0.299 e. The summed E-state index contributed by atoms with van der Waals surface area (Å²) >= 11 is 1.56. The van der Waals surface area contributed by atoms with Crippen molar-refractivity contribution in [3.05, 3.63) is 16.6 Å². The minimum atomic E-state index is 0.154. The summed E-state index contributed by atoms with van der Waals surface area (Å²) in [6, 6.07) is 0. The van der Waals surface area contributed by atoms with Crippen molar-refractivity contribution >= 4 is 17.1 Å². The Morgan fingerprint density at radius 2 is 2.00 bits per heavy atom. The molecule has 0 aliphatic heterocycles. The lowest BCUT2D eigenvalue weighted by atomic mass is 10.0. The van der Waals surface area contributed by atoms with Gasteiger partial charge >= 0.3 is 0 Å². The van der Waals surface area contributed by atoms with E-state index in [-0.39, 0.29) is 16.7 Å². The molecule has 0 N–H and O–H groups in total. The maximum Gasteiger partial charge on any atom is 0.143 e. The van der Waals surface area contributed by atoms with Gasteiger partial charge in [-0.05, 0) is 10.8 Å². The van der Waals surface area contributed by atoms with E-state index in [9.17, 15) is 4.79 Å². The van der Waals surface area contributed by atoms with Crippen LogP contribution in [0.15, 0.2) is 11.6 Å². The van der Waals surface area contributed by atoms with Gasteiger partial charge in [-0.3, -0.25) is 4.79 Å². The van der Waals surface area contributed by atoms with Crippen LogP contribution in [-0.4, -0.2) is 10.8 Å². The summed E-state index contributed by atoms with van der Waals surface area (Å²) in [5.41, 5.74) is 0.308. The van der Waals surface area contributed by atoms with Crippen molar-refractivity contribution in [2.24, 2.45) is 16.7 Å². The highest BCUT2D eigenvalue weighted by atomic mass is 32.1. The average molecular weight is 223 g/mol. The number of carbonyl (C=O) groups excluding carboxylic acids is 1. The summed E-state index contributed by atoms with van der Waals surface area (Å²) in [6.45, 7) is 8.71. The quantitative estimate of drug-likeness (QED) is 0.788. The predicted octanol–water partition coefficient (Wildman–Crippen LogP) is 2.94. The van der Waals surface area contributed by atoms with Crippen LogP contribution in [0.2, 0.25) is 0 Å². The number of thiazole rings is 1. The third-order valence-electron chi connectivity index (χ3n) is 4.15. The number of Topliss-reactive ketones (excluding diaryl/α,β-unsaturated/α-hetero) is 1. The lowest BCUT2D eigenvalue weighted by molar-refractivity contribution is -0.120. The van der Waals surface area contributed by atoms with Gasteiger partial charge in [0.1, 0.15) is 5.78 Å². The standard InChI is InChI=1S/C12H17NOS/c1-11(2)10(12(11,3)4)8(14)7-9-13-5-6-15-9/h5-6,10H,7H2,1-4H3. The molecule has 1 aromatic rings. The molecule has 0 amide bonds. The Hall–Kier alpha value is -0.700. The number of carbonyl (C=O) groups is 1. The molecule has 1 fully saturated rings. The number of hydrogen-bond donors (Lipinski definition) is 0. The van der Waals surface area contributed by atoms with Gasteiger partial charge in [-0.2, -0.15) is 0 Å². The Balaban J connectivity index is 2.06. The summed E-state index contributed by atoms with van der Waals surface area (Å²) in [6.07, 6.45) is 2.27. The summed E-state index contributed by atoms with van der Waals surface area (Å²) in [5.74, 6) is 0.550. The van der Waals surface area contributed by atoms with Gasteiger partial charge in [0.05, 0.1) is 11.4 Å². The third kappa shape index (κ3) is 1.53. The van der Waals surface area contributed by atoms with E-state index in [2.05, 4.69) is 32.7 Å². The molecule has 0 atom stereocenters. The molecule has 0 aromatic carbocycles. The number of ketones is 1. The Labute approximate surface area is 94.7 Å². The fourth-order valence-corrected chi connectivity index (χ4v) is 3.22. The lowest BCUT2D eigenvalue weighted by Gasteiger charge is -2.03. The van der Waals surface area contributed by atoms with E-state index in [1.807, 2.05) is 5.38 Å². The van der Waals surface area contributed by atoms with E-state index < -0.39 is 0 Å². The number of hydrogen-bond acceptors (Lipinski definition) is 3. The Morgan fingerprint density at radius 3 is 2.40 bits per heavy atom. The summed E-state index contributed by atoms with van der Waals surface area (Å²) in [5, 5.41) is 2.87. The van der Waals surface area contributed by atoms with Gasteiger partial charge in [-0.25, -0.2) is 4.98 Å². The molecule has 2 nitrogen and oxygen atoms in total. The zero-order valence-corrected chi connectivity index (χ0v) is 10.5. The van der Waals surface area contributed by atoms with Crippen molar-refractivity contribution < 1.29 is 4.79 Å². The van der Waals surface area contributed by atoms with E-state index in [1.165, 1.54) is 0 Å². The van der Waals surface area contributed by atoms with Gasteiger partial charge in [-0.15, -0.1) is 11.3 Å².